The van der Waals surface area contributed by atoms with Gasteiger partial charge in [0.15, 0.2) is 5.82 Å². The zero-order valence-corrected chi connectivity index (χ0v) is 11.7. The van der Waals surface area contributed by atoms with Crippen molar-refractivity contribution < 1.29 is 0 Å². The highest BCUT2D eigenvalue weighted by Crippen LogP contribution is 2.29. The SMILES string of the molecule is CC(C)(c1ccccc1)c1nc(-c2ccccc2)n[nH]1. The topological polar surface area (TPSA) is 41.6 Å². The molecule has 0 saturated heterocycles. The lowest BCUT2D eigenvalue weighted by atomic mass is 9.84. The van der Waals surface area contributed by atoms with E-state index in [1.54, 1.807) is 0 Å². The van der Waals surface area contributed by atoms with Crippen LogP contribution in [0.5, 0.6) is 0 Å². The fourth-order valence-electron chi connectivity index (χ4n) is 2.25. The van der Waals surface area contributed by atoms with Crippen molar-refractivity contribution in [2.24, 2.45) is 0 Å². The molecule has 3 nitrogen and oxygen atoms in total. The Labute approximate surface area is 118 Å². The van der Waals surface area contributed by atoms with Crippen LogP contribution in [0.4, 0.5) is 0 Å². The number of nitrogens with zero attached hydrogens (tertiary/aromatic N) is 2. The summed E-state index contributed by atoms with van der Waals surface area (Å²) in [7, 11) is 0. The highest BCUT2D eigenvalue weighted by atomic mass is 15.2. The van der Waals surface area contributed by atoms with Crippen molar-refractivity contribution in [2.45, 2.75) is 19.3 Å². The lowest BCUT2D eigenvalue weighted by Gasteiger charge is -2.21. The standard InChI is InChI=1S/C17H17N3/c1-17(2,14-11-7-4-8-12-14)16-18-15(19-20-16)13-9-5-3-6-10-13/h3-12H,1-2H3,(H,18,19,20). The molecule has 2 aromatic carbocycles. The Bertz CT molecular complexity index is 685. The van der Waals surface area contributed by atoms with Gasteiger partial charge in [0.1, 0.15) is 5.82 Å². The van der Waals surface area contributed by atoms with Crippen molar-refractivity contribution >= 4 is 0 Å². The molecule has 0 spiro atoms. The van der Waals surface area contributed by atoms with Crippen molar-refractivity contribution in [3.63, 3.8) is 0 Å². The van der Waals surface area contributed by atoms with Crippen LogP contribution in [0.25, 0.3) is 11.4 Å². The molecule has 1 heterocycles. The molecule has 0 aliphatic carbocycles. The molecule has 1 N–H and O–H groups in total. The van der Waals surface area contributed by atoms with Crippen LogP contribution in [-0.4, -0.2) is 15.2 Å². The summed E-state index contributed by atoms with van der Waals surface area (Å²) in [6.07, 6.45) is 0. The number of hydrogen-bond acceptors (Lipinski definition) is 2. The molecular formula is C17H17N3. The summed E-state index contributed by atoms with van der Waals surface area (Å²) in [6.45, 7) is 4.30. The number of hydrogen-bond donors (Lipinski definition) is 1. The first-order valence-corrected chi connectivity index (χ1v) is 6.72. The van der Waals surface area contributed by atoms with Crippen LogP contribution in [-0.2, 0) is 5.41 Å². The van der Waals surface area contributed by atoms with Gasteiger partial charge in [-0.15, -0.1) is 0 Å². The molecule has 20 heavy (non-hydrogen) atoms. The van der Waals surface area contributed by atoms with Crippen LogP contribution in [0.1, 0.15) is 25.2 Å². The highest BCUT2D eigenvalue weighted by molar-refractivity contribution is 5.54. The van der Waals surface area contributed by atoms with E-state index in [0.717, 1.165) is 17.2 Å². The molecule has 100 valence electrons. The Kier molecular flexibility index (Phi) is 3.11. The summed E-state index contributed by atoms with van der Waals surface area (Å²) < 4.78 is 0. The summed E-state index contributed by atoms with van der Waals surface area (Å²) in [5, 5.41) is 7.42. The van der Waals surface area contributed by atoms with Crippen LogP contribution in [0, 0.1) is 0 Å². The zero-order chi connectivity index (χ0) is 14.0. The smallest absolute Gasteiger partial charge is 0.181 e. The fraction of sp³-hybridized carbons (Fsp3) is 0.176. The minimum atomic E-state index is -0.193. The lowest BCUT2D eigenvalue weighted by molar-refractivity contribution is 0.593. The molecule has 0 aliphatic rings. The molecule has 0 amide bonds. The van der Waals surface area contributed by atoms with Crippen LogP contribution in [0.3, 0.4) is 0 Å². The second-order valence-corrected chi connectivity index (χ2v) is 5.36. The van der Waals surface area contributed by atoms with Crippen molar-refractivity contribution in [1.29, 1.82) is 0 Å². The summed E-state index contributed by atoms with van der Waals surface area (Å²) >= 11 is 0. The predicted octanol–water partition coefficient (Wildman–Crippen LogP) is 3.80. The molecular weight excluding hydrogens is 246 g/mol. The normalized spacial score (nSPS) is 11.5. The highest BCUT2D eigenvalue weighted by Gasteiger charge is 2.27. The van der Waals surface area contributed by atoms with E-state index < -0.39 is 0 Å². The monoisotopic (exact) mass is 263 g/mol. The van der Waals surface area contributed by atoms with Gasteiger partial charge in [-0.25, -0.2) is 4.98 Å². The molecule has 0 unspecified atom stereocenters. The molecule has 0 radical (unpaired) electrons. The summed E-state index contributed by atoms with van der Waals surface area (Å²) in [6, 6.07) is 20.4. The van der Waals surface area contributed by atoms with Crippen LogP contribution in [0.2, 0.25) is 0 Å². The van der Waals surface area contributed by atoms with E-state index >= 15 is 0 Å². The van der Waals surface area contributed by atoms with Crippen molar-refractivity contribution in [3.8, 4) is 11.4 Å². The van der Waals surface area contributed by atoms with Gasteiger partial charge in [-0.2, -0.15) is 5.10 Å². The second kappa shape index (κ2) is 4.93. The van der Waals surface area contributed by atoms with E-state index in [4.69, 9.17) is 0 Å². The quantitative estimate of drug-likeness (QED) is 0.781. The zero-order valence-electron chi connectivity index (χ0n) is 11.7. The van der Waals surface area contributed by atoms with Gasteiger partial charge in [-0.05, 0) is 19.4 Å². The molecule has 3 heteroatoms. The van der Waals surface area contributed by atoms with Crippen molar-refractivity contribution in [3.05, 3.63) is 72.1 Å². The van der Waals surface area contributed by atoms with Crippen LogP contribution < -0.4 is 0 Å². The van der Waals surface area contributed by atoms with E-state index in [9.17, 15) is 0 Å². The molecule has 0 aliphatic heterocycles. The van der Waals surface area contributed by atoms with E-state index in [0.29, 0.717) is 0 Å². The van der Waals surface area contributed by atoms with Crippen LogP contribution in [0.15, 0.2) is 60.7 Å². The minimum Gasteiger partial charge on any atom is -0.262 e. The van der Waals surface area contributed by atoms with Gasteiger partial charge < -0.3 is 0 Å². The molecule has 0 fully saturated rings. The minimum absolute atomic E-state index is 0.193. The first kappa shape index (κ1) is 12.6. The second-order valence-electron chi connectivity index (χ2n) is 5.36. The van der Waals surface area contributed by atoms with Gasteiger partial charge >= 0.3 is 0 Å². The van der Waals surface area contributed by atoms with Gasteiger partial charge in [-0.3, -0.25) is 5.10 Å². The maximum atomic E-state index is 4.66. The average molecular weight is 263 g/mol. The maximum Gasteiger partial charge on any atom is 0.181 e. The number of aromatic amines is 1. The summed E-state index contributed by atoms with van der Waals surface area (Å²) in [5.41, 5.74) is 2.05. The van der Waals surface area contributed by atoms with Crippen LogP contribution >= 0.6 is 0 Å². The van der Waals surface area contributed by atoms with E-state index in [1.807, 2.05) is 48.5 Å². The molecule has 1 aromatic heterocycles. The third-order valence-corrected chi connectivity index (χ3v) is 3.60. The Hall–Kier alpha value is -2.42. The third-order valence-electron chi connectivity index (χ3n) is 3.60. The van der Waals surface area contributed by atoms with E-state index in [2.05, 4.69) is 41.2 Å². The number of aromatic nitrogens is 3. The van der Waals surface area contributed by atoms with Crippen molar-refractivity contribution in [2.75, 3.05) is 0 Å². The number of H-pyrrole nitrogens is 1. The van der Waals surface area contributed by atoms with Gasteiger partial charge in [0, 0.05) is 11.0 Å². The molecule has 0 saturated carbocycles. The third kappa shape index (κ3) is 2.23. The Morgan fingerprint density at radius 1 is 0.850 bits per heavy atom. The predicted molar refractivity (Wildman–Crippen MR) is 80.4 cm³/mol. The largest absolute Gasteiger partial charge is 0.262 e. The van der Waals surface area contributed by atoms with Gasteiger partial charge in [0.05, 0.1) is 0 Å². The summed E-state index contributed by atoms with van der Waals surface area (Å²) in [5.74, 6) is 1.62. The molecule has 0 bridgehead atoms. The first-order chi connectivity index (χ1) is 9.68. The van der Waals surface area contributed by atoms with Gasteiger partial charge in [-0.1, -0.05) is 60.7 Å². The molecule has 3 rings (SSSR count). The van der Waals surface area contributed by atoms with Gasteiger partial charge in [0.25, 0.3) is 0 Å². The Morgan fingerprint density at radius 2 is 1.45 bits per heavy atom. The lowest BCUT2D eigenvalue weighted by Crippen LogP contribution is -2.20. The Morgan fingerprint density at radius 3 is 2.10 bits per heavy atom. The Balaban J connectivity index is 1.98. The summed E-state index contributed by atoms with van der Waals surface area (Å²) in [4.78, 5) is 4.66. The fourth-order valence-corrected chi connectivity index (χ4v) is 2.25. The number of benzene rings is 2. The van der Waals surface area contributed by atoms with Crippen molar-refractivity contribution in [1.82, 2.24) is 15.2 Å². The van der Waals surface area contributed by atoms with E-state index in [1.165, 1.54) is 5.56 Å². The average Bonchev–Trinajstić information content (AvgIpc) is 3.00. The van der Waals surface area contributed by atoms with E-state index in [-0.39, 0.29) is 5.41 Å². The number of nitrogens with one attached hydrogen (secondary N) is 1. The maximum absolute atomic E-state index is 4.66. The number of rotatable bonds is 3. The first-order valence-electron chi connectivity index (χ1n) is 6.72. The van der Waals surface area contributed by atoms with Gasteiger partial charge in [0.2, 0.25) is 0 Å². The molecule has 3 aromatic rings. The molecule has 0 atom stereocenters.